The lowest BCUT2D eigenvalue weighted by Gasteiger charge is -2.11. The molecule has 0 saturated heterocycles. The van der Waals surface area contributed by atoms with Crippen molar-refractivity contribution in [1.29, 1.82) is 0 Å². The van der Waals surface area contributed by atoms with Crippen molar-refractivity contribution < 1.29 is 13.3 Å². The van der Waals surface area contributed by atoms with Gasteiger partial charge in [-0.3, -0.25) is 4.84 Å². The van der Waals surface area contributed by atoms with E-state index in [2.05, 4.69) is 5.48 Å². The Hall–Kier alpha value is -0.130. The van der Waals surface area contributed by atoms with Crippen LogP contribution < -0.4 is 5.48 Å². The number of rotatable bonds is 6. The first-order valence-corrected chi connectivity index (χ1v) is 7.05. The Bertz CT molecular complexity index is 245. The molecule has 0 heterocycles. The van der Waals surface area contributed by atoms with Gasteiger partial charge in [0.2, 0.25) is 0 Å². The van der Waals surface area contributed by atoms with E-state index in [1.165, 1.54) is 12.8 Å². The van der Waals surface area contributed by atoms with Crippen LogP contribution in [-0.2, 0) is 14.7 Å². The van der Waals surface area contributed by atoms with E-state index in [0.717, 1.165) is 12.8 Å². The average Bonchev–Trinajstić information content (AvgIpc) is 2.65. The Labute approximate surface area is 85.9 Å². The van der Waals surface area contributed by atoms with Crippen molar-refractivity contribution in [3.8, 4) is 0 Å². The van der Waals surface area contributed by atoms with Crippen molar-refractivity contribution >= 4 is 9.84 Å². The van der Waals surface area contributed by atoms with Crippen LogP contribution in [0.5, 0.6) is 0 Å². The third-order valence-electron chi connectivity index (χ3n) is 2.51. The van der Waals surface area contributed by atoms with Crippen LogP contribution in [0.1, 0.15) is 32.6 Å². The quantitative estimate of drug-likeness (QED) is 0.534. The molecule has 0 bridgehead atoms. The maximum absolute atomic E-state index is 11.1. The zero-order valence-electron chi connectivity index (χ0n) is 8.66. The highest BCUT2D eigenvalue weighted by Crippen LogP contribution is 2.19. The summed E-state index contributed by atoms with van der Waals surface area (Å²) in [6, 6.07) is 0. The molecule has 1 aliphatic rings. The molecule has 14 heavy (non-hydrogen) atoms. The Morgan fingerprint density at radius 2 is 2.00 bits per heavy atom. The molecule has 0 spiro atoms. The number of nitrogens with one attached hydrogen (secondary N) is 1. The molecule has 0 radical (unpaired) electrons. The smallest absolute Gasteiger partial charge is 0.151 e. The minimum atomic E-state index is -2.86. The summed E-state index contributed by atoms with van der Waals surface area (Å²) in [4.78, 5) is 5.33. The second-order valence-corrected chi connectivity index (χ2v) is 6.13. The fourth-order valence-electron chi connectivity index (χ4n) is 1.52. The summed E-state index contributed by atoms with van der Waals surface area (Å²) in [5.41, 5.74) is 2.74. The third-order valence-corrected chi connectivity index (χ3v) is 4.21. The monoisotopic (exact) mass is 221 g/mol. The van der Waals surface area contributed by atoms with Crippen molar-refractivity contribution in [2.24, 2.45) is 0 Å². The number of hydroxylamine groups is 1. The van der Waals surface area contributed by atoms with Gasteiger partial charge < -0.3 is 0 Å². The molecule has 1 fully saturated rings. The average molecular weight is 221 g/mol. The molecule has 4 nitrogen and oxygen atoms in total. The lowest BCUT2D eigenvalue weighted by molar-refractivity contribution is -0.0175. The van der Waals surface area contributed by atoms with Crippen LogP contribution in [0.25, 0.3) is 0 Å². The van der Waals surface area contributed by atoms with Crippen LogP contribution in [0.3, 0.4) is 0 Å². The van der Waals surface area contributed by atoms with E-state index in [0.29, 0.717) is 12.6 Å². The van der Waals surface area contributed by atoms with Gasteiger partial charge >= 0.3 is 0 Å². The minimum Gasteiger partial charge on any atom is -0.298 e. The predicted molar refractivity (Wildman–Crippen MR) is 55.7 cm³/mol. The van der Waals surface area contributed by atoms with Crippen LogP contribution in [0, 0.1) is 0 Å². The summed E-state index contributed by atoms with van der Waals surface area (Å²) in [6.45, 7) is 2.06. The highest BCUT2D eigenvalue weighted by Gasteiger charge is 2.15. The molecule has 0 aromatic carbocycles. The summed E-state index contributed by atoms with van der Waals surface area (Å²) in [5, 5.41) is 0. The van der Waals surface area contributed by atoms with E-state index in [9.17, 15) is 8.42 Å². The van der Waals surface area contributed by atoms with Gasteiger partial charge in [0, 0.05) is 12.3 Å². The van der Waals surface area contributed by atoms with Crippen LogP contribution in [-0.4, -0.2) is 32.6 Å². The number of hydrogen-bond acceptors (Lipinski definition) is 4. The first kappa shape index (κ1) is 11.9. The summed E-state index contributed by atoms with van der Waals surface area (Å²) in [6.07, 6.45) is 4.92. The van der Waals surface area contributed by atoms with Crippen LogP contribution in [0.4, 0.5) is 0 Å². The number of sulfone groups is 1. The highest BCUT2D eigenvalue weighted by molar-refractivity contribution is 7.91. The van der Waals surface area contributed by atoms with Gasteiger partial charge in [-0.2, -0.15) is 0 Å². The van der Waals surface area contributed by atoms with Gasteiger partial charge in [0.1, 0.15) is 0 Å². The summed E-state index contributed by atoms with van der Waals surface area (Å²) in [5.74, 6) is 0.369. The van der Waals surface area contributed by atoms with Gasteiger partial charge in [0.05, 0.1) is 11.9 Å². The first-order chi connectivity index (χ1) is 6.64. The highest BCUT2D eigenvalue weighted by atomic mass is 32.2. The Kier molecular flexibility index (Phi) is 4.84. The molecule has 84 valence electrons. The molecular formula is C9H19NO3S. The van der Waals surface area contributed by atoms with Crippen molar-refractivity contribution in [2.75, 3.05) is 18.1 Å². The van der Waals surface area contributed by atoms with E-state index >= 15 is 0 Å². The minimum absolute atomic E-state index is 0.163. The first-order valence-electron chi connectivity index (χ1n) is 5.23. The summed E-state index contributed by atoms with van der Waals surface area (Å²) >= 11 is 0. The third kappa shape index (κ3) is 4.39. The molecule has 0 unspecified atom stereocenters. The summed E-state index contributed by atoms with van der Waals surface area (Å²) < 4.78 is 22.2. The van der Waals surface area contributed by atoms with Crippen LogP contribution in [0.15, 0.2) is 0 Å². The van der Waals surface area contributed by atoms with Crippen molar-refractivity contribution in [3.63, 3.8) is 0 Å². The Balaban J connectivity index is 2.04. The molecule has 0 atom stereocenters. The molecule has 0 amide bonds. The Morgan fingerprint density at radius 3 is 2.57 bits per heavy atom. The SMILES string of the molecule is CCS(=O)(=O)CCNOC1CCCC1. The second-order valence-electron chi connectivity index (χ2n) is 3.66. The van der Waals surface area contributed by atoms with Gasteiger partial charge in [-0.15, -0.1) is 0 Å². The maximum Gasteiger partial charge on any atom is 0.151 e. The van der Waals surface area contributed by atoms with Crippen LogP contribution in [0.2, 0.25) is 0 Å². The molecule has 1 rings (SSSR count). The van der Waals surface area contributed by atoms with Gasteiger partial charge in [-0.1, -0.05) is 19.8 Å². The Morgan fingerprint density at radius 1 is 1.36 bits per heavy atom. The standard InChI is InChI=1S/C9H19NO3S/c1-2-14(11,12)8-7-10-13-9-5-3-4-6-9/h9-10H,2-8H2,1H3. The zero-order valence-corrected chi connectivity index (χ0v) is 9.48. The van der Waals surface area contributed by atoms with E-state index in [-0.39, 0.29) is 11.5 Å². The van der Waals surface area contributed by atoms with Gasteiger partial charge in [-0.25, -0.2) is 13.9 Å². The molecule has 0 aromatic rings. The molecule has 5 heteroatoms. The van der Waals surface area contributed by atoms with E-state index in [1.54, 1.807) is 6.92 Å². The lowest BCUT2D eigenvalue weighted by atomic mass is 10.3. The van der Waals surface area contributed by atoms with E-state index in [4.69, 9.17) is 4.84 Å². The number of hydrogen-bond donors (Lipinski definition) is 1. The van der Waals surface area contributed by atoms with E-state index in [1.807, 2.05) is 0 Å². The lowest BCUT2D eigenvalue weighted by Crippen LogP contribution is -2.27. The fraction of sp³-hybridized carbons (Fsp3) is 1.00. The molecule has 1 N–H and O–H groups in total. The van der Waals surface area contributed by atoms with Gasteiger partial charge in [-0.05, 0) is 12.8 Å². The topological polar surface area (TPSA) is 55.4 Å². The molecule has 1 aliphatic carbocycles. The van der Waals surface area contributed by atoms with Crippen molar-refractivity contribution in [2.45, 2.75) is 38.7 Å². The van der Waals surface area contributed by atoms with Gasteiger partial charge in [0.15, 0.2) is 9.84 Å². The molecule has 0 aliphatic heterocycles. The normalized spacial score (nSPS) is 18.9. The molecule has 1 saturated carbocycles. The van der Waals surface area contributed by atoms with E-state index < -0.39 is 9.84 Å². The zero-order chi connectivity index (χ0) is 10.4. The largest absolute Gasteiger partial charge is 0.298 e. The molecular weight excluding hydrogens is 202 g/mol. The van der Waals surface area contributed by atoms with Crippen molar-refractivity contribution in [1.82, 2.24) is 5.48 Å². The predicted octanol–water partition coefficient (Wildman–Crippen LogP) is 0.885. The molecule has 0 aromatic heterocycles. The van der Waals surface area contributed by atoms with Crippen molar-refractivity contribution in [3.05, 3.63) is 0 Å². The fourth-order valence-corrected chi connectivity index (χ4v) is 2.21. The summed E-state index contributed by atoms with van der Waals surface area (Å²) in [7, 11) is -2.86. The van der Waals surface area contributed by atoms with Crippen LogP contribution >= 0.6 is 0 Å². The van der Waals surface area contributed by atoms with Gasteiger partial charge in [0.25, 0.3) is 0 Å². The second kappa shape index (κ2) is 5.68. The maximum atomic E-state index is 11.1.